The average Bonchev–Trinajstić information content (AvgIpc) is 3.08. The fraction of sp³-hybridized carbons (Fsp3) is 0.500. The van der Waals surface area contributed by atoms with Crippen LogP contribution in [0.5, 0.6) is 0 Å². The number of anilines is 1. The van der Waals surface area contributed by atoms with Crippen molar-refractivity contribution in [3.8, 4) is 6.07 Å². The van der Waals surface area contributed by atoms with Gasteiger partial charge in [-0.25, -0.2) is 0 Å². The highest BCUT2D eigenvalue weighted by molar-refractivity contribution is 7.13. The Hall–Kier alpha value is -2.13. The maximum Gasteiger partial charge on any atom is 0.232 e. The topological polar surface area (TPSA) is 70.7 Å². The highest BCUT2D eigenvalue weighted by atomic mass is 32.1. The Kier molecular flexibility index (Phi) is 4.22. The third-order valence-corrected chi connectivity index (χ3v) is 5.83. The summed E-state index contributed by atoms with van der Waals surface area (Å²) in [7, 11) is 1.88. The molecule has 24 heavy (non-hydrogen) atoms. The molecule has 2 aromatic heterocycles. The van der Waals surface area contributed by atoms with Gasteiger partial charge in [-0.15, -0.1) is 11.3 Å². The van der Waals surface area contributed by atoms with E-state index in [1.807, 2.05) is 19.3 Å². The zero-order valence-electron chi connectivity index (χ0n) is 14.5. The van der Waals surface area contributed by atoms with E-state index in [4.69, 9.17) is 0 Å². The predicted octanol–water partition coefficient (Wildman–Crippen LogP) is 3.71. The fourth-order valence-electron chi connectivity index (χ4n) is 3.10. The third kappa shape index (κ3) is 3.09. The molecule has 0 spiro atoms. The van der Waals surface area contributed by atoms with Crippen LogP contribution in [0.1, 0.15) is 60.5 Å². The summed E-state index contributed by atoms with van der Waals surface area (Å²) in [5.41, 5.74) is 2.63. The maximum absolute atomic E-state index is 12.8. The van der Waals surface area contributed by atoms with Crippen LogP contribution in [0.25, 0.3) is 0 Å². The molecule has 0 bridgehead atoms. The van der Waals surface area contributed by atoms with Crippen molar-refractivity contribution in [2.45, 2.75) is 51.4 Å². The first-order chi connectivity index (χ1) is 11.3. The molecule has 126 valence electrons. The van der Waals surface area contributed by atoms with Gasteiger partial charge < -0.3 is 5.32 Å². The highest BCUT2D eigenvalue weighted by Crippen LogP contribution is 2.37. The van der Waals surface area contributed by atoms with Crippen LogP contribution in [-0.4, -0.2) is 15.7 Å². The van der Waals surface area contributed by atoms with Crippen LogP contribution in [0.3, 0.4) is 0 Å². The molecular formula is C18H22N4OS. The number of thiophene rings is 1. The summed E-state index contributed by atoms with van der Waals surface area (Å²) in [6.07, 6.45) is 4.65. The molecule has 5 nitrogen and oxygen atoms in total. The minimum atomic E-state index is -0.188. The largest absolute Gasteiger partial charge is 0.324 e. The van der Waals surface area contributed by atoms with Gasteiger partial charge in [-0.05, 0) is 30.7 Å². The Bertz CT molecular complexity index is 819. The quantitative estimate of drug-likeness (QED) is 0.904. The van der Waals surface area contributed by atoms with Crippen molar-refractivity contribution < 1.29 is 4.79 Å². The number of aryl methyl sites for hydroxylation is 2. The first-order valence-corrected chi connectivity index (χ1v) is 8.99. The second kappa shape index (κ2) is 6.06. The van der Waals surface area contributed by atoms with E-state index in [0.29, 0.717) is 10.6 Å². The molecule has 0 aromatic carbocycles. The number of hydrogen-bond acceptors (Lipinski definition) is 4. The van der Waals surface area contributed by atoms with Crippen LogP contribution in [0.15, 0.2) is 12.3 Å². The Morgan fingerprint density at radius 3 is 2.92 bits per heavy atom. The van der Waals surface area contributed by atoms with Crippen LogP contribution < -0.4 is 5.32 Å². The lowest BCUT2D eigenvalue weighted by Gasteiger charge is -2.20. The van der Waals surface area contributed by atoms with Crippen molar-refractivity contribution in [2.24, 2.45) is 7.05 Å². The SMILES string of the molecule is Cn1cc2c(n1)CCC[C@H]2C(=O)Nc1cc(C(C)(C)C)sc1C#N. The van der Waals surface area contributed by atoms with Crippen molar-refractivity contribution in [3.63, 3.8) is 0 Å². The van der Waals surface area contributed by atoms with Crippen molar-refractivity contribution >= 4 is 22.9 Å². The number of hydrogen-bond donors (Lipinski definition) is 1. The third-order valence-electron chi connectivity index (χ3n) is 4.37. The second-order valence-electron chi connectivity index (χ2n) is 7.35. The zero-order valence-corrected chi connectivity index (χ0v) is 15.3. The van der Waals surface area contributed by atoms with E-state index in [0.717, 1.165) is 35.4 Å². The summed E-state index contributed by atoms with van der Waals surface area (Å²) in [6.45, 7) is 6.32. The first kappa shape index (κ1) is 16.7. The molecule has 1 aliphatic carbocycles. The van der Waals surface area contributed by atoms with E-state index >= 15 is 0 Å². The summed E-state index contributed by atoms with van der Waals surface area (Å²) in [5, 5.41) is 16.8. The highest BCUT2D eigenvalue weighted by Gasteiger charge is 2.30. The van der Waals surface area contributed by atoms with Crippen molar-refractivity contribution in [2.75, 3.05) is 5.32 Å². The minimum absolute atomic E-state index is 0.0411. The molecule has 1 aliphatic rings. The van der Waals surface area contributed by atoms with Gasteiger partial charge in [0.1, 0.15) is 10.9 Å². The molecule has 0 saturated heterocycles. The molecule has 2 aromatic rings. The molecule has 0 aliphatic heterocycles. The number of carbonyl (C=O) groups excluding carboxylic acids is 1. The molecular weight excluding hydrogens is 320 g/mol. The molecule has 1 N–H and O–H groups in total. The Balaban J connectivity index is 1.86. The van der Waals surface area contributed by atoms with Crippen molar-refractivity contribution in [1.29, 1.82) is 5.26 Å². The number of nitrogens with zero attached hydrogens (tertiary/aromatic N) is 3. The van der Waals surface area contributed by atoms with Crippen LogP contribution >= 0.6 is 11.3 Å². The Morgan fingerprint density at radius 1 is 1.50 bits per heavy atom. The lowest BCUT2D eigenvalue weighted by Crippen LogP contribution is -2.24. The van der Waals surface area contributed by atoms with Gasteiger partial charge in [-0.1, -0.05) is 20.8 Å². The van der Waals surface area contributed by atoms with E-state index in [-0.39, 0.29) is 17.2 Å². The summed E-state index contributed by atoms with van der Waals surface area (Å²) in [6, 6.07) is 4.15. The Labute approximate surface area is 146 Å². The van der Waals surface area contributed by atoms with Crippen LogP contribution in [0.4, 0.5) is 5.69 Å². The number of amides is 1. The first-order valence-electron chi connectivity index (χ1n) is 8.17. The molecule has 2 heterocycles. The summed E-state index contributed by atoms with van der Waals surface area (Å²) in [4.78, 5) is 14.5. The summed E-state index contributed by atoms with van der Waals surface area (Å²) < 4.78 is 1.78. The maximum atomic E-state index is 12.8. The van der Waals surface area contributed by atoms with E-state index in [2.05, 4.69) is 37.3 Å². The predicted molar refractivity (Wildman–Crippen MR) is 95.3 cm³/mol. The monoisotopic (exact) mass is 342 g/mol. The number of nitriles is 1. The van der Waals surface area contributed by atoms with Crippen LogP contribution in [0.2, 0.25) is 0 Å². The molecule has 0 radical (unpaired) electrons. The van der Waals surface area contributed by atoms with Gasteiger partial charge >= 0.3 is 0 Å². The van der Waals surface area contributed by atoms with Crippen LogP contribution in [0, 0.1) is 11.3 Å². The number of fused-ring (bicyclic) bond motifs is 1. The average molecular weight is 342 g/mol. The lowest BCUT2D eigenvalue weighted by atomic mass is 9.86. The fourth-order valence-corrected chi connectivity index (χ4v) is 4.06. The molecule has 6 heteroatoms. The van der Waals surface area contributed by atoms with E-state index in [1.54, 1.807) is 4.68 Å². The lowest BCUT2D eigenvalue weighted by molar-refractivity contribution is -0.117. The number of aromatic nitrogens is 2. The molecule has 1 amide bonds. The molecule has 0 unspecified atom stereocenters. The van der Waals surface area contributed by atoms with Gasteiger partial charge in [0.2, 0.25) is 5.91 Å². The molecule has 0 fully saturated rings. The minimum Gasteiger partial charge on any atom is -0.324 e. The number of rotatable bonds is 2. The van der Waals surface area contributed by atoms with Gasteiger partial charge in [-0.3, -0.25) is 9.48 Å². The number of carbonyl (C=O) groups is 1. The molecule has 3 rings (SSSR count). The normalized spacial score (nSPS) is 17.2. The Morgan fingerprint density at radius 2 is 2.25 bits per heavy atom. The summed E-state index contributed by atoms with van der Waals surface area (Å²) >= 11 is 1.45. The zero-order chi connectivity index (χ0) is 17.5. The van der Waals surface area contributed by atoms with Crippen molar-refractivity contribution in [1.82, 2.24) is 9.78 Å². The van der Waals surface area contributed by atoms with E-state index in [9.17, 15) is 10.1 Å². The standard InChI is InChI=1S/C18H22N4OS/c1-18(2,3)16-8-14(15(9-19)24-16)20-17(23)11-6-5-7-13-12(11)10-22(4)21-13/h8,10-11H,5-7H2,1-4H3,(H,20,23)/t11-/m1/s1. The van der Waals surface area contributed by atoms with Gasteiger partial charge in [0, 0.05) is 23.7 Å². The van der Waals surface area contributed by atoms with E-state index < -0.39 is 0 Å². The van der Waals surface area contributed by atoms with Gasteiger partial charge in [0.25, 0.3) is 0 Å². The van der Waals surface area contributed by atoms with Crippen molar-refractivity contribution in [3.05, 3.63) is 33.3 Å². The van der Waals surface area contributed by atoms with Crippen LogP contribution in [-0.2, 0) is 23.7 Å². The van der Waals surface area contributed by atoms with Gasteiger partial charge in [0.05, 0.1) is 17.3 Å². The molecule has 0 saturated carbocycles. The van der Waals surface area contributed by atoms with Gasteiger partial charge in [0.15, 0.2) is 0 Å². The molecule has 1 atom stereocenters. The second-order valence-corrected chi connectivity index (χ2v) is 8.41. The van der Waals surface area contributed by atoms with Gasteiger partial charge in [-0.2, -0.15) is 10.4 Å². The number of nitrogens with one attached hydrogen (secondary N) is 1. The summed E-state index contributed by atoms with van der Waals surface area (Å²) in [5.74, 6) is -0.231. The van der Waals surface area contributed by atoms with E-state index in [1.165, 1.54) is 11.3 Å². The smallest absolute Gasteiger partial charge is 0.232 e.